The zero-order valence-electron chi connectivity index (χ0n) is 11.1. The standard InChI is InChI=1S/C14H16FN3O/c1-14(2,3)12-8-11(13(16)19)18(17-12)10-6-4-9(15)5-7-10/h4-8H,1-3H3,(H2,16,19). The Morgan fingerprint density at radius 1 is 1.26 bits per heavy atom. The molecule has 0 aliphatic rings. The van der Waals surface area contributed by atoms with Crippen molar-refractivity contribution in [1.82, 2.24) is 9.78 Å². The number of halogens is 1. The minimum atomic E-state index is -0.563. The predicted molar refractivity (Wildman–Crippen MR) is 70.7 cm³/mol. The molecule has 0 saturated heterocycles. The van der Waals surface area contributed by atoms with Crippen LogP contribution in [0, 0.1) is 5.82 Å². The highest BCUT2D eigenvalue weighted by Crippen LogP contribution is 2.23. The number of hydrogen-bond acceptors (Lipinski definition) is 2. The van der Waals surface area contributed by atoms with Gasteiger partial charge in [0, 0.05) is 5.41 Å². The molecule has 2 aromatic rings. The average molecular weight is 261 g/mol. The summed E-state index contributed by atoms with van der Waals surface area (Å²) in [5, 5.41) is 4.40. The topological polar surface area (TPSA) is 60.9 Å². The summed E-state index contributed by atoms with van der Waals surface area (Å²) in [6.07, 6.45) is 0. The fraction of sp³-hybridized carbons (Fsp3) is 0.286. The highest BCUT2D eigenvalue weighted by molar-refractivity contribution is 5.91. The van der Waals surface area contributed by atoms with Crippen molar-refractivity contribution in [3.8, 4) is 5.69 Å². The van der Waals surface area contributed by atoms with Crippen molar-refractivity contribution in [1.29, 1.82) is 0 Å². The summed E-state index contributed by atoms with van der Waals surface area (Å²) in [6, 6.07) is 7.42. The number of nitrogens with zero attached hydrogens (tertiary/aromatic N) is 2. The molecule has 0 bridgehead atoms. The Bertz CT molecular complexity index is 609. The molecule has 0 saturated carbocycles. The molecule has 4 nitrogen and oxygen atoms in total. The molecule has 2 N–H and O–H groups in total. The summed E-state index contributed by atoms with van der Waals surface area (Å²) in [7, 11) is 0. The van der Waals surface area contributed by atoms with E-state index in [0.717, 1.165) is 5.69 Å². The van der Waals surface area contributed by atoms with Gasteiger partial charge >= 0.3 is 0 Å². The Morgan fingerprint density at radius 3 is 2.32 bits per heavy atom. The van der Waals surface area contributed by atoms with Crippen LogP contribution in [0.3, 0.4) is 0 Å². The van der Waals surface area contributed by atoms with Gasteiger partial charge in [0.05, 0.1) is 11.4 Å². The van der Waals surface area contributed by atoms with Gasteiger partial charge in [-0.1, -0.05) is 20.8 Å². The van der Waals surface area contributed by atoms with Gasteiger partial charge in [0.2, 0.25) is 0 Å². The van der Waals surface area contributed by atoms with E-state index >= 15 is 0 Å². The molecule has 0 fully saturated rings. The van der Waals surface area contributed by atoms with Crippen LogP contribution < -0.4 is 5.73 Å². The van der Waals surface area contributed by atoms with E-state index in [-0.39, 0.29) is 16.9 Å². The SMILES string of the molecule is CC(C)(C)c1cc(C(N)=O)n(-c2ccc(F)cc2)n1. The maximum atomic E-state index is 12.9. The van der Waals surface area contributed by atoms with Gasteiger partial charge in [0.25, 0.3) is 5.91 Å². The largest absolute Gasteiger partial charge is 0.364 e. The lowest BCUT2D eigenvalue weighted by Gasteiger charge is -2.14. The Hall–Kier alpha value is -2.17. The Kier molecular flexibility index (Phi) is 3.14. The molecule has 0 aliphatic carbocycles. The molecule has 0 atom stereocenters. The molecule has 1 amide bonds. The second-order valence-corrected chi connectivity index (χ2v) is 5.42. The summed E-state index contributed by atoms with van der Waals surface area (Å²) >= 11 is 0. The number of amides is 1. The monoisotopic (exact) mass is 261 g/mol. The highest BCUT2D eigenvalue weighted by atomic mass is 19.1. The number of carbonyl (C=O) groups is 1. The molecule has 0 unspecified atom stereocenters. The Morgan fingerprint density at radius 2 is 1.84 bits per heavy atom. The Labute approximate surface area is 111 Å². The van der Waals surface area contributed by atoms with Gasteiger partial charge in [-0.3, -0.25) is 4.79 Å². The molecule has 19 heavy (non-hydrogen) atoms. The predicted octanol–water partition coefficient (Wildman–Crippen LogP) is 2.41. The van der Waals surface area contributed by atoms with Crippen molar-refractivity contribution in [2.45, 2.75) is 26.2 Å². The Balaban J connectivity index is 2.58. The van der Waals surface area contributed by atoms with Crippen molar-refractivity contribution in [2.24, 2.45) is 5.73 Å². The van der Waals surface area contributed by atoms with E-state index in [1.807, 2.05) is 20.8 Å². The third-order valence-corrected chi connectivity index (χ3v) is 2.80. The third kappa shape index (κ3) is 2.65. The zero-order chi connectivity index (χ0) is 14.2. The van der Waals surface area contributed by atoms with Gasteiger partial charge in [-0.05, 0) is 30.3 Å². The first-order chi connectivity index (χ1) is 8.79. The molecular weight excluding hydrogens is 245 g/mol. The first kappa shape index (κ1) is 13.3. The second kappa shape index (κ2) is 4.50. The summed E-state index contributed by atoms with van der Waals surface area (Å²) in [6.45, 7) is 5.99. The minimum Gasteiger partial charge on any atom is -0.364 e. The third-order valence-electron chi connectivity index (χ3n) is 2.80. The van der Waals surface area contributed by atoms with Crippen LogP contribution in [0.1, 0.15) is 37.0 Å². The van der Waals surface area contributed by atoms with Crippen LogP contribution in [0.15, 0.2) is 30.3 Å². The lowest BCUT2D eigenvalue weighted by Crippen LogP contribution is -2.16. The van der Waals surface area contributed by atoms with E-state index in [1.54, 1.807) is 18.2 Å². The first-order valence-corrected chi connectivity index (χ1v) is 5.95. The fourth-order valence-electron chi connectivity index (χ4n) is 1.70. The van der Waals surface area contributed by atoms with E-state index < -0.39 is 5.91 Å². The molecule has 5 heteroatoms. The molecule has 1 aromatic heterocycles. The molecule has 0 aliphatic heterocycles. The number of carbonyl (C=O) groups excluding carboxylic acids is 1. The number of hydrogen-bond donors (Lipinski definition) is 1. The van der Waals surface area contributed by atoms with E-state index in [9.17, 15) is 9.18 Å². The van der Waals surface area contributed by atoms with Crippen LogP contribution >= 0.6 is 0 Å². The van der Waals surface area contributed by atoms with Crippen LogP contribution in [-0.4, -0.2) is 15.7 Å². The molecule has 0 radical (unpaired) electrons. The molecular formula is C14H16FN3O. The van der Waals surface area contributed by atoms with Crippen molar-refractivity contribution in [3.05, 3.63) is 47.5 Å². The first-order valence-electron chi connectivity index (χ1n) is 5.95. The average Bonchev–Trinajstić information content (AvgIpc) is 2.74. The van der Waals surface area contributed by atoms with E-state index in [4.69, 9.17) is 5.73 Å². The number of rotatable bonds is 2. The van der Waals surface area contributed by atoms with Crippen LogP contribution in [0.2, 0.25) is 0 Å². The van der Waals surface area contributed by atoms with E-state index in [0.29, 0.717) is 5.69 Å². The van der Waals surface area contributed by atoms with Crippen LogP contribution in [0.25, 0.3) is 5.69 Å². The van der Waals surface area contributed by atoms with Crippen molar-refractivity contribution in [3.63, 3.8) is 0 Å². The van der Waals surface area contributed by atoms with Crippen molar-refractivity contribution >= 4 is 5.91 Å². The highest BCUT2D eigenvalue weighted by Gasteiger charge is 2.22. The number of nitrogens with two attached hydrogens (primary N) is 1. The molecule has 0 spiro atoms. The second-order valence-electron chi connectivity index (χ2n) is 5.42. The van der Waals surface area contributed by atoms with Gasteiger partial charge in [0.15, 0.2) is 0 Å². The van der Waals surface area contributed by atoms with Crippen LogP contribution in [0.5, 0.6) is 0 Å². The zero-order valence-corrected chi connectivity index (χ0v) is 11.1. The number of primary amides is 1. The summed E-state index contributed by atoms with van der Waals surface area (Å²) in [5.41, 5.74) is 6.81. The maximum Gasteiger partial charge on any atom is 0.267 e. The van der Waals surface area contributed by atoms with Gasteiger partial charge < -0.3 is 5.73 Å². The van der Waals surface area contributed by atoms with Gasteiger partial charge in [-0.2, -0.15) is 5.10 Å². The fourth-order valence-corrected chi connectivity index (χ4v) is 1.70. The van der Waals surface area contributed by atoms with Gasteiger partial charge in [-0.25, -0.2) is 9.07 Å². The van der Waals surface area contributed by atoms with Gasteiger partial charge in [0.1, 0.15) is 11.5 Å². The minimum absolute atomic E-state index is 0.199. The summed E-state index contributed by atoms with van der Waals surface area (Å²) < 4.78 is 14.4. The molecule has 1 aromatic carbocycles. The number of aromatic nitrogens is 2. The lowest BCUT2D eigenvalue weighted by molar-refractivity contribution is 0.0993. The smallest absolute Gasteiger partial charge is 0.267 e. The molecule has 100 valence electrons. The van der Waals surface area contributed by atoms with Crippen LogP contribution in [-0.2, 0) is 5.41 Å². The number of benzene rings is 1. The quantitative estimate of drug-likeness (QED) is 0.902. The van der Waals surface area contributed by atoms with Crippen molar-refractivity contribution in [2.75, 3.05) is 0 Å². The normalized spacial score (nSPS) is 11.6. The van der Waals surface area contributed by atoms with E-state index in [1.165, 1.54) is 16.8 Å². The van der Waals surface area contributed by atoms with Crippen molar-refractivity contribution < 1.29 is 9.18 Å². The molecule has 2 rings (SSSR count). The summed E-state index contributed by atoms with van der Waals surface area (Å²) in [4.78, 5) is 11.5. The summed E-state index contributed by atoms with van der Waals surface area (Å²) in [5.74, 6) is -0.903. The van der Waals surface area contributed by atoms with Crippen LogP contribution in [0.4, 0.5) is 4.39 Å². The maximum absolute atomic E-state index is 12.9. The van der Waals surface area contributed by atoms with E-state index in [2.05, 4.69) is 5.10 Å². The van der Waals surface area contributed by atoms with Gasteiger partial charge in [-0.15, -0.1) is 0 Å². The molecule has 1 heterocycles. The lowest BCUT2D eigenvalue weighted by atomic mass is 9.92.